The van der Waals surface area contributed by atoms with Gasteiger partial charge in [-0.3, -0.25) is 48.0 Å². The van der Waals surface area contributed by atoms with Gasteiger partial charge in [-0.2, -0.15) is 0 Å². The van der Waals surface area contributed by atoms with Gasteiger partial charge in [0.15, 0.2) is 5.82 Å². The second kappa shape index (κ2) is 33.6. The van der Waals surface area contributed by atoms with Crippen LogP contribution in [0.2, 0.25) is 0 Å². The number of esters is 1. The molecule has 3 amide bonds. The summed E-state index contributed by atoms with van der Waals surface area (Å²) in [6.45, 7) is 13.6. The minimum Gasteiger partial charge on any atom is -0.617 e. The van der Waals surface area contributed by atoms with Gasteiger partial charge in [0.2, 0.25) is 17.6 Å². The Morgan fingerprint density at radius 1 is 0.696 bits per heavy atom. The van der Waals surface area contributed by atoms with Gasteiger partial charge < -0.3 is 69.4 Å². The number of nitrogens with one attached hydrogen (secondary N) is 2. The molecule has 3 aliphatic rings. The van der Waals surface area contributed by atoms with E-state index < -0.39 is 23.8 Å². The zero-order chi connectivity index (χ0) is 56.0. The van der Waals surface area contributed by atoms with Crippen molar-refractivity contribution in [2.45, 2.75) is 39.7 Å². The maximum absolute atomic E-state index is 13.1. The monoisotopic (exact) mass is 1270 g/mol. The van der Waals surface area contributed by atoms with Crippen LogP contribution in [-0.4, -0.2) is 264 Å². The summed E-state index contributed by atoms with van der Waals surface area (Å²) in [5, 5.41) is 54.2. The second-order valence-electron chi connectivity index (χ2n) is 19.3. The van der Waals surface area contributed by atoms with Gasteiger partial charge in [-0.15, -0.1) is 10.2 Å². The van der Waals surface area contributed by atoms with E-state index in [4.69, 9.17) is 23.7 Å². The number of amides is 3. The Hall–Kier alpha value is -5.13. The molecule has 0 spiro atoms. The van der Waals surface area contributed by atoms with Gasteiger partial charge in [-0.1, -0.05) is 38.8 Å². The number of carbonyl (C=O) groups excluding carboxylic acids is 4. The average molecular weight is 1270 g/mol. The van der Waals surface area contributed by atoms with Crippen LogP contribution < -0.4 is 10.6 Å². The number of aliphatic carboxylic acids is 2. The second-order valence-corrected chi connectivity index (χ2v) is 19.3. The summed E-state index contributed by atoms with van der Waals surface area (Å²) in [4.78, 5) is 85.3. The Morgan fingerprint density at radius 3 is 1.86 bits per heavy atom. The number of aromatic nitrogens is 3. The summed E-state index contributed by atoms with van der Waals surface area (Å²) in [6, 6.07) is 10.6. The number of phenols is 2. The van der Waals surface area contributed by atoms with Crippen LogP contribution >= 0.6 is 0 Å². The van der Waals surface area contributed by atoms with Gasteiger partial charge in [0.25, 0.3) is 11.9 Å². The summed E-state index contributed by atoms with van der Waals surface area (Å²) < 4.78 is 29.5. The molecule has 3 fully saturated rings. The predicted molar refractivity (Wildman–Crippen MR) is 280 cm³/mol. The number of phenolic OH excluding ortho intramolecular Hbond substituents is 2. The minimum atomic E-state index is -1.02. The van der Waals surface area contributed by atoms with Gasteiger partial charge in [0.05, 0.1) is 91.0 Å². The largest absolute Gasteiger partial charge is 0.617 e. The molecule has 0 unspecified atom stereocenters. The summed E-state index contributed by atoms with van der Waals surface area (Å²) in [6.07, 6.45) is 0.624. The number of benzene rings is 2. The number of carbonyl (C=O) groups is 6. The molecule has 0 saturated carbocycles. The van der Waals surface area contributed by atoms with Gasteiger partial charge in [-0.25, -0.2) is 0 Å². The third-order valence-electron chi connectivity index (χ3n) is 13.2. The van der Waals surface area contributed by atoms with Gasteiger partial charge in [0, 0.05) is 127 Å². The van der Waals surface area contributed by atoms with Crippen molar-refractivity contribution in [3.63, 3.8) is 0 Å². The first-order chi connectivity index (χ1) is 37.6. The van der Waals surface area contributed by atoms with Crippen LogP contribution in [0.3, 0.4) is 0 Å². The first-order valence-corrected chi connectivity index (χ1v) is 26.5. The van der Waals surface area contributed by atoms with Gasteiger partial charge >= 0.3 is 11.9 Å². The van der Waals surface area contributed by atoms with Crippen molar-refractivity contribution in [1.29, 1.82) is 0 Å². The van der Waals surface area contributed by atoms with E-state index in [2.05, 4.69) is 25.7 Å². The molecule has 0 aliphatic carbocycles. The Kier molecular flexibility index (Phi) is 27.5. The van der Waals surface area contributed by atoms with Crippen molar-refractivity contribution in [1.82, 2.24) is 54.8 Å². The third-order valence-corrected chi connectivity index (χ3v) is 13.2. The fourth-order valence-corrected chi connectivity index (χ4v) is 9.05. The molecule has 27 heteroatoms. The van der Waals surface area contributed by atoms with Crippen LogP contribution in [0.1, 0.15) is 54.9 Å². The molecule has 3 aliphatic heterocycles. The molecule has 79 heavy (non-hydrogen) atoms. The molecule has 0 atom stereocenters. The van der Waals surface area contributed by atoms with E-state index in [1.54, 1.807) is 30.2 Å². The topological polar surface area (TPSA) is 304 Å². The summed E-state index contributed by atoms with van der Waals surface area (Å²) in [7, 11) is 0. The molecule has 26 nitrogen and oxygen atoms in total. The summed E-state index contributed by atoms with van der Waals surface area (Å²) in [5.41, 5.74) is 2.62. The first-order valence-electron chi connectivity index (χ1n) is 26.5. The molecule has 3 saturated heterocycles. The maximum Gasteiger partial charge on any atom is 0.317 e. The SMILES string of the molecule is CCNC(=O)c1nnc(-c2cc(C(C)C)c(O)cc2O)n1-c1ccc(CN2CCN(C(=O)CCOCCOCCOCCOCCNC(=O)CN3CCN(CC(=O)O)CCN(CC(=O)O)CCN4CC(=O)O[C-]4C3)CC2)cc1.[Lu]. The van der Waals surface area contributed by atoms with Crippen molar-refractivity contribution in [3.05, 3.63) is 59.6 Å². The number of piperazine rings is 1. The number of rotatable bonds is 28. The Labute approximate surface area is 489 Å². The number of carboxylic acids is 2. The first kappa shape index (κ1) is 64.7. The molecule has 0 bridgehead atoms. The number of aromatic hydroxyl groups is 2. The van der Waals surface area contributed by atoms with Gasteiger partial charge in [-0.05, 0) is 48.7 Å². The Morgan fingerprint density at radius 2 is 1.27 bits per heavy atom. The fourth-order valence-electron chi connectivity index (χ4n) is 9.05. The molecule has 2 aromatic carbocycles. The Bertz CT molecular complexity index is 2440. The van der Waals surface area contributed by atoms with E-state index in [9.17, 15) is 49.2 Å². The molecule has 3 aromatic rings. The molecule has 445 valence electrons. The van der Waals surface area contributed by atoms with Crippen molar-refractivity contribution in [2.24, 2.45) is 0 Å². The van der Waals surface area contributed by atoms with E-state index in [1.165, 1.54) is 6.07 Å². The van der Waals surface area contributed by atoms with Crippen LogP contribution in [0.25, 0.3) is 17.1 Å². The van der Waals surface area contributed by atoms with Crippen molar-refractivity contribution < 1.29 is 110 Å². The van der Waals surface area contributed by atoms with E-state index in [1.807, 2.05) is 49.9 Å². The van der Waals surface area contributed by atoms with Crippen molar-refractivity contribution in [2.75, 3.05) is 164 Å². The maximum atomic E-state index is 13.1. The van der Waals surface area contributed by atoms with Gasteiger partial charge in [0.1, 0.15) is 11.5 Å². The van der Waals surface area contributed by atoms with E-state index in [0.29, 0.717) is 135 Å². The molecule has 6 N–H and O–H groups in total. The number of carboxylic acid groups (broad SMARTS) is 2. The summed E-state index contributed by atoms with van der Waals surface area (Å²) in [5.74, 6) is -3.09. The third kappa shape index (κ3) is 21.0. The van der Waals surface area contributed by atoms with Crippen molar-refractivity contribution >= 4 is 35.6 Å². The molecule has 6 rings (SSSR count). The molecular formula is C52H76LuN11O15-. The van der Waals surface area contributed by atoms with Crippen LogP contribution in [0, 0.1) is 43.1 Å². The number of fused-ring (bicyclic) bond motifs is 1. The summed E-state index contributed by atoms with van der Waals surface area (Å²) >= 11 is 0. The predicted octanol–water partition coefficient (Wildman–Crippen LogP) is -0.127. The number of hydrogen-bond donors (Lipinski definition) is 6. The minimum absolute atomic E-state index is 0. The Balaban J connectivity index is 0.0000115. The fraction of sp³-hybridized carbons (Fsp3) is 0.596. The quantitative estimate of drug-likeness (QED) is 0.0314. The number of hydrogen-bond acceptors (Lipinski definition) is 20. The van der Waals surface area contributed by atoms with Crippen LogP contribution in [0.15, 0.2) is 36.4 Å². The van der Waals surface area contributed by atoms with Crippen molar-refractivity contribution in [3.8, 4) is 28.6 Å². The molecular weight excluding hydrogens is 1190 g/mol. The average Bonchev–Trinajstić information content (AvgIpc) is 4.17. The zero-order valence-corrected chi connectivity index (χ0v) is 46.9. The molecule has 1 aromatic heterocycles. The molecule has 4 heterocycles. The van der Waals surface area contributed by atoms with E-state index in [-0.39, 0.29) is 143 Å². The molecule has 1 radical (unpaired) electrons. The number of nitrogens with zero attached hydrogens (tertiary/aromatic N) is 9. The smallest absolute Gasteiger partial charge is 0.317 e. The van der Waals surface area contributed by atoms with Crippen LogP contribution in [0.5, 0.6) is 11.5 Å². The van der Waals surface area contributed by atoms with E-state index >= 15 is 0 Å². The zero-order valence-electron chi connectivity index (χ0n) is 45.2. The number of ether oxygens (including phenoxy) is 5. The normalized spacial score (nSPS) is 16.7. The standard InChI is InChI=1S/C52H76N11O15.Lu/c1-4-53-52(73)51-56-55-50(41-29-40(37(2)3)42(64)30-43(41)65)63(51)39-7-5-38(6-8-39)31-57-15-18-61(19-16-57)45(67)9-21-74-23-25-76-27-28-77-26-24-75-22-10-54-44(66)32-60-14-13-58(34-47(68)69)11-12-59(35-48(70)71)17-20-62-36-49(72)78-46(62)33-60;/h5-8,29-30,37,64-65H,4,9-28,31-36H2,1-3H3,(H,53,73)(H,54,66)(H,68,69)(H,70,71);/q-1;. The van der Waals surface area contributed by atoms with Crippen LogP contribution in [0.4, 0.5) is 0 Å². The van der Waals surface area contributed by atoms with E-state index in [0.717, 1.165) is 5.56 Å². The van der Waals surface area contributed by atoms with Crippen LogP contribution in [-0.2, 0) is 54.2 Å².